The van der Waals surface area contributed by atoms with E-state index >= 15 is 0 Å². The Bertz CT molecular complexity index is 66.9. The predicted octanol–water partition coefficient (Wildman–Crippen LogP) is 0.972. The molecule has 0 saturated carbocycles. The van der Waals surface area contributed by atoms with Crippen molar-refractivity contribution < 1.29 is 9.84 Å². The summed E-state index contributed by atoms with van der Waals surface area (Å²) in [6.45, 7) is 8.19. The van der Waals surface area contributed by atoms with E-state index in [1.807, 2.05) is 32.8 Å². The third-order valence-electron chi connectivity index (χ3n) is 1.04. The number of hydrogen-bond donors (Lipinski definition) is 1. The van der Waals surface area contributed by atoms with Crippen molar-refractivity contribution in [3.05, 3.63) is 0 Å². The molecule has 1 atom stereocenters. The smallest absolute Gasteiger partial charge is 0.0638 e. The molecule has 0 bridgehead atoms. The molecule has 0 rings (SSSR count). The Morgan fingerprint density at radius 3 is 1.67 bits per heavy atom. The zero-order valence-corrected chi connectivity index (χ0v) is 9.00. The minimum atomic E-state index is -0.199. The van der Waals surface area contributed by atoms with Crippen LogP contribution in [0.25, 0.3) is 0 Å². The average molecular weight is 177 g/mol. The Morgan fingerprint density at radius 1 is 1.25 bits per heavy atom. The summed E-state index contributed by atoms with van der Waals surface area (Å²) < 4.78 is 4.83. The molecule has 0 aliphatic carbocycles. The maximum absolute atomic E-state index is 8.68. The molecule has 0 amide bonds. The van der Waals surface area contributed by atoms with Crippen LogP contribution in [-0.2, 0) is 4.74 Å². The SMILES string of the molecule is CC(O)CN(C)C.CCOCC. The molecule has 0 fully saturated rings. The first-order valence-electron chi connectivity index (χ1n) is 4.45. The standard InChI is InChI=1S/C5H13NO.C4H10O/c1-5(7)4-6(2)3;1-3-5-4-2/h5,7H,4H2,1-3H3;3-4H2,1-2H3. The number of hydrogen-bond acceptors (Lipinski definition) is 3. The van der Waals surface area contributed by atoms with Gasteiger partial charge in [-0.05, 0) is 34.9 Å². The van der Waals surface area contributed by atoms with Gasteiger partial charge in [-0.3, -0.25) is 0 Å². The number of ether oxygens (including phenoxy) is 1. The summed E-state index contributed by atoms with van der Waals surface area (Å²) >= 11 is 0. The summed E-state index contributed by atoms with van der Waals surface area (Å²) in [6, 6.07) is 0. The largest absolute Gasteiger partial charge is 0.392 e. The van der Waals surface area contributed by atoms with Gasteiger partial charge in [-0.25, -0.2) is 0 Å². The lowest BCUT2D eigenvalue weighted by atomic mass is 10.4. The van der Waals surface area contributed by atoms with Gasteiger partial charge in [-0.15, -0.1) is 0 Å². The van der Waals surface area contributed by atoms with Crippen molar-refractivity contribution in [3.8, 4) is 0 Å². The third-order valence-corrected chi connectivity index (χ3v) is 1.04. The van der Waals surface area contributed by atoms with Crippen molar-refractivity contribution in [1.82, 2.24) is 4.90 Å². The van der Waals surface area contributed by atoms with E-state index in [1.165, 1.54) is 0 Å². The minimum Gasteiger partial charge on any atom is -0.392 e. The van der Waals surface area contributed by atoms with E-state index in [4.69, 9.17) is 9.84 Å². The molecule has 0 radical (unpaired) electrons. The number of rotatable bonds is 4. The van der Waals surface area contributed by atoms with Crippen LogP contribution in [0.1, 0.15) is 20.8 Å². The van der Waals surface area contributed by atoms with Crippen LogP contribution in [0.2, 0.25) is 0 Å². The van der Waals surface area contributed by atoms with Crippen LogP contribution in [0.3, 0.4) is 0 Å². The van der Waals surface area contributed by atoms with Gasteiger partial charge in [0.2, 0.25) is 0 Å². The van der Waals surface area contributed by atoms with E-state index in [1.54, 1.807) is 6.92 Å². The summed E-state index contributed by atoms with van der Waals surface area (Å²) in [5.41, 5.74) is 0. The second-order valence-corrected chi connectivity index (χ2v) is 2.89. The number of nitrogens with zero attached hydrogens (tertiary/aromatic N) is 1. The third kappa shape index (κ3) is 22.5. The molecule has 1 unspecified atom stereocenters. The molecule has 0 spiro atoms. The molecule has 12 heavy (non-hydrogen) atoms. The molecule has 0 saturated heterocycles. The summed E-state index contributed by atoms with van der Waals surface area (Å²) in [7, 11) is 3.87. The highest BCUT2D eigenvalue weighted by Gasteiger charge is 1.93. The van der Waals surface area contributed by atoms with Gasteiger partial charge in [-0.1, -0.05) is 0 Å². The molecule has 0 aromatic heterocycles. The molecule has 1 N–H and O–H groups in total. The monoisotopic (exact) mass is 177 g/mol. The van der Waals surface area contributed by atoms with E-state index < -0.39 is 0 Å². The summed E-state index contributed by atoms with van der Waals surface area (Å²) in [4.78, 5) is 1.95. The summed E-state index contributed by atoms with van der Waals surface area (Å²) in [5.74, 6) is 0. The fourth-order valence-corrected chi connectivity index (χ4v) is 0.733. The van der Waals surface area contributed by atoms with Crippen LogP contribution >= 0.6 is 0 Å². The molecule has 0 aromatic rings. The zero-order valence-electron chi connectivity index (χ0n) is 9.00. The van der Waals surface area contributed by atoms with Gasteiger partial charge in [0, 0.05) is 19.8 Å². The predicted molar refractivity (Wildman–Crippen MR) is 52.4 cm³/mol. The Hall–Kier alpha value is -0.120. The van der Waals surface area contributed by atoms with Gasteiger partial charge < -0.3 is 14.7 Å². The quantitative estimate of drug-likeness (QED) is 0.694. The van der Waals surface area contributed by atoms with Crippen LogP contribution in [-0.4, -0.2) is 50.0 Å². The van der Waals surface area contributed by atoms with Gasteiger partial charge in [0.05, 0.1) is 6.10 Å². The Labute approximate surface area is 76.3 Å². The van der Waals surface area contributed by atoms with E-state index in [0.29, 0.717) is 0 Å². The molecule has 76 valence electrons. The van der Waals surface area contributed by atoms with Crippen molar-refractivity contribution in [2.75, 3.05) is 33.9 Å². The van der Waals surface area contributed by atoms with E-state index in [0.717, 1.165) is 19.8 Å². The van der Waals surface area contributed by atoms with Crippen LogP contribution in [0.4, 0.5) is 0 Å². The zero-order chi connectivity index (χ0) is 9.98. The lowest BCUT2D eigenvalue weighted by molar-refractivity contribution is 0.154. The van der Waals surface area contributed by atoms with Crippen molar-refractivity contribution in [2.24, 2.45) is 0 Å². The molecular weight excluding hydrogens is 154 g/mol. The van der Waals surface area contributed by atoms with Crippen LogP contribution in [0.5, 0.6) is 0 Å². The first-order chi connectivity index (χ1) is 5.54. The van der Waals surface area contributed by atoms with Crippen molar-refractivity contribution in [2.45, 2.75) is 26.9 Å². The second-order valence-electron chi connectivity index (χ2n) is 2.89. The van der Waals surface area contributed by atoms with Crippen molar-refractivity contribution in [1.29, 1.82) is 0 Å². The molecule has 3 nitrogen and oxygen atoms in total. The van der Waals surface area contributed by atoms with Crippen LogP contribution in [0.15, 0.2) is 0 Å². The Morgan fingerprint density at radius 2 is 1.67 bits per heavy atom. The van der Waals surface area contributed by atoms with E-state index in [2.05, 4.69) is 0 Å². The Balaban J connectivity index is 0. The first-order valence-corrected chi connectivity index (χ1v) is 4.45. The topological polar surface area (TPSA) is 32.7 Å². The lowest BCUT2D eigenvalue weighted by Gasteiger charge is -2.10. The molecule has 0 aromatic carbocycles. The fourth-order valence-electron chi connectivity index (χ4n) is 0.733. The molecule has 0 aliphatic rings. The van der Waals surface area contributed by atoms with Gasteiger partial charge in [0.25, 0.3) is 0 Å². The number of aliphatic hydroxyl groups excluding tert-OH is 1. The average Bonchev–Trinajstić information content (AvgIpc) is 1.87. The highest BCUT2D eigenvalue weighted by Crippen LogP contribution is 1.80. The molecule has 0 heterocycles. The maximum atomic E-state index is 8.68. The first kappa shape index (κ1) is 14.4. The summed E-state index contributed by atoms with van der Waals surface area (Å²) in [6.07, 6.45) is -0.199. The fraction of sp³-hybridized carbons (Fsp3) is 1.00. The number of aliphatic hydroxyl groups is 1. The Kier molecular flexibility index (Phi) is 13.1. The van der Waals surface area contributed by atoms with Gasteiger partial charge in [-0.2, -0.15) is 0 Å². The normalized spacial score (nSPS) is 12.2. The lowest BCUT2D eigenvalue weighted by Crippen LogP contribution is -2.22. The van der Waals surface area contributed by atoms with Crippen molar-refractivity contribution in [3.63, 3.8) is 0 Å². The van der Waals surface area contributed by atoms with E-state index in [9.17, 15) is 0 Å². The van der Waals surface area contributed by atoms with Crippen molar-refractivity contribution >= 4 is 0 Å². The maximum Gasteiger partial charge on any atom is 0.0638 e. The van der Waals surface area contributed by atoms with E-state index in [-0.39, 0.29) is 6.10 Å². The highest BCUT2D eigenvalue weighted by atomic mass is 16.5. The van der Waals surface area contributed by atoms with Gasteiger partial charge in [0.1, 0.15) is 0 Å². The van der Waals surface area contributed by atoms with Gasteiger partial charge >= 0.3 is 0 Å². The molecular formula is C9H23NO2. The van der Waals surface area contributed by atoms with Crippen LogP contribution < -0.4 is 0 Å². The molecule has 3 heteroatoms. The van der Waals surface area contributed by atoms with Crippen LogP contribution in [0, 0.1) is 0 Å². The van der Waals surface area contributed by atoms with Gasteiger partial charge in [0.15, 0.2) is 0 Å². The molecule has 0 aliphatic heterocycles. The number of likely N-dealkylation sites (N-methyl/N-ethyl adjacent to an activating group) is 1. The second kappa shape index (κ2) is 10.9. The highest BCUT2D eigenvalue weighted by molar-refractivity contribution is 4.48. The summed E-state index contributed by atoms with van der Waals surface area (Å²) in [5, 5.41) is 8.68. The minimum absolute atomic E-state index is 0.199.